The van der Waals surface area contributed by atoms with E-state index in [1.807, 2.05) is 0 Å². The van der Waals surface area contributed by atoms with Crippen molar-refractivity contribution in [3.8, 4) is 5.75 Å². The van der Waals surface area contributed by atoms with Crippen LogP contribution in [0.2, 0.25) is 0 Å². The van der Waals surface area contributed by atoms with Crippen molar-refractivity contribution in [2.24, 2.45) is 16.8 Å². The molecule has 1 aliphatic heterocycles. The van der Waals surface area contributed by atoms with Crippen LogP contribution in [0, 0.1) is 11.8 Å². The Hall–Kier alpha value is -3.89. The quantitative estimate of drug-likeness (QED) is 0.406. The number of aliphatic carboxylic acids is 1. The number of carbonyl (C=O) groups is 3. The minimum absolute atomic E-state index is 0.0349. The Kier molecular flexibility index (Phi) is 9.04. The predicted molar refractivity (Wildman–Crippen MR) is 146 cm³/mol. The molecule has 2 amide bonds. The van der Waals surface area contributed by atoms with Gasteiger partial charge in [0, 0.05) is 24.2 Å². The van der Waals surface area contributed by atoms with Crippen molar-refractivity contribution in [1.29, 1.82) is 0 Å². The van der Waals surface area contributed by atoms with Crippen LogP contribution in [0.1, 0.15) is 67.4 Å². The lowest BCUT2D eigenvalue weighted by Gasteiger charge is -2.42. The number of benzene rings is 2. The largest absolute Gasteiger partial charge is 0.573 e. The summed E-state index contributed by atoms with van der Waals surface area (Å²) in [5.41, 5.74) is 1.29. The van der Waals surface area contributed by atoms with Crippen molar-refractivity contribution in [3.63, 3.8) is 0 Å². The van der Waals surface area contributed by atoms with Crippen molar-refractivity contribution in [2.45, 2.75) is 64.4 Å². The lowest BCUT2D eigenvalue weighted by molar-refractivity contribution is -0.274. The van der Waals surface area contributed by atoms with E-state index in [-0.39, 0.29) is 36.2 Å². The summed E-state index contributed by atoms with van der Waals surface area (Å²) < 4.78 is 41.8. The van der Waals surface area contributed by atoms with E-state index in [4.69, 9.17) is 10.1 Å². The average Bonchev–Trinajstić information content (AvgIpc) is 3.17. The number of hydrogen-bond donors (Lipinski definition) is 2. The van der Waals surface area contributed by atoms with Crippen LogP contribution in [0.25, 0.3) is 0 Å². The van der Waals surface area contributed by atoms with Gasteiger partial charge in [0.2, 0.25) is 0 Å². The molecule has 1 aliphatic carbocycles. The lowest BCUT2D eigenvalue weighted by Crippen LogP contribution is -2.50. The van der Waals surface area contributed by atoms with E-state index >= 15 is 0 Å². The molecule has 0 bridgehead atoms. The summed E-state index contributed by atoms with van der Waals surface area (Å²) in [6.07, 6.45) is -1.21. The molecule has 2 N–H and O–H groups in total. The Morgan fingerprint density at radius 1 is 1.10 bits per heavy atom. The van der Waals surface area contributed by atoms with Gasteiger partial charge in [0.25, 0.3) is 11.8 Å². The molecule has 1 fully saturated rings. The highest BCUT2D eigenvalue weighted by Gasteiger charge is 2.49. The number of nitrogens with one attached hydrogen (secondary N) is 1. The van der Waals surface area contributed by atoms with E-state index in [0.29, 0.717) is 48.8 Å². The maximum atomic E-state index is 13.7. The van der Waals surface area contributed by atoms with Crippen LogP contribution in [0.15, 0.2) is 53.5 Å². The molecule has 8 nitrogen and oxygen atoms in total. The first-order valence-corrected chi connectivity index (χ1v) is 13.7. The highest BCUT2D eigenvalue weighted by atomic mass is 19.4. The van der Waals surface area contributed by atoms with Crippen LogP contribution < -0.4 is 10.1 Å². The first-order chi connectivity index (χ1) is 19.4. The SMILES string of the molecule is CC(C)C1CCC2(CC1)N=C(c1ccc(OC(F)(F)F)cc1)C(=O)N2CCc1ccc(C(=O)NCCC(=O)O)cc1. The van der Waals surface area contributed by atoms with Crippen molar-refractivity contribution < 1.29 is 37.4 Å². The lowest BCUT2D eigenvalue weighted by atomic mass is 9.76. The Morgan fingerprint density at radius 3 is 2.29 bits per heavy atom. The zero-order valence-corrected chi connectivity index (χ0v) is 23.0. The molecule has 0 unspecified atom stereocenters. The third-order valence-electron chi connectivity index (χ3n) is 7.87. The molecule has 1 heterocycles. The number of amides is 2. The van der Waals surface area contributed by atoms with Gasteiger partial charge in [0.05, 0.1) is 6.42 Å². The zero-order chi connectivity index (χ0) is 29.8. The van der Waals surface area contributed by atoms with Gasteiger partial charge < -0.3 is 20.1 Å². The van der Waals surface area contributed by atoms with Gasteiger partial charge in [0.1, 0.15) is 17.1 Å². The van der Waals surface area contributed by atoms with E-state index in [0.717, 1.165) is 18.4 Å². The van der Waals surface area contributed by atoms with Gasteiger partial charge in [-0.3, -0.25) is 19.4 Å². The van der Waals surface area contributed by atoms with Gasteiger partial charge in [0.15, 0.2) is 0 Å². The molecule has 0 radical (unpaired) electrons. The van der Waals surface area contributed by atoms with Crippen LogP contribution in [-0.2, 0) is 16.0 Å². The van der Waals surface area contributed by atoms with Gasteiger partial charge in [-0.1, -0.05) is 26.0 Å². The number of halogens is 3. The zero-order valence-electron chi connectivity index (χ0n) is 23.0. The Labute approximate surface area is 236 Å². The van der Waals surface area contributed by atoms with Crippen molar-refractivity contribution in [3.05, 3.63) is 65.2 Å². The molecule has 0 aromatic heterocycles. The molecule has 2 aromatic rings. The number of alkyl halides is 3. The predicted octanol–water partition coefficient (Wildman–Crippen LogP) is 5.21. The molecule has 0 saturated heterocycles. The average molecular weight is 574 g/mol. The van der Waals surface area contributed by atoms with Gasteiger partial charge in [-0.25, -0.2) is 0 Å². The van der Waals surface area contributed by atoms with Crippen molar-refractivity contribution in [1.82, 2.24) is 10.2 Å². The van der Waals surface area contributed by atoms with Gasteiger partial charge in [-0.05, 0) is 85.9 Å². The van der Waals surface area contributed by atoms with Crippen LogP contribution in [0.5, 0.6) is 5.75 Å². The number of carboxylic acid groups (broad SMARTS) is 1. The summed E-state index contributed by atoms with van der Waals surface area (Å²) in [5, 5.41) is 11.3. The van der Waals surface area contributed by atoms with E-state index in [1.54, 1.807) is 29.2 Å². The van der Waals surface area contributed by atoms with Gasteiger partial charge >= 0.3 is 12.3 Å². The second-order valence-electron chi connectivity index (χ2n) is 10.9. The van der Waals surface area contributed by atoms with E-state index in [9.17, 15) is 27.6 Å². The standard InChI is InChI=1S/C30H34F3N3O5/c1-19(2)21-11-15-29(16-12-21)35-26(22-7-9-24(10-8-22)41-30(31,32)33)28(40)36(29)18-14-20-3-5-23(6-4-20)27(39)34-17-13-25(37)38/h3-10,19,21H,11-18H2,1-2H3,(H,34,39)(H,37,38). The normalized spacial score (nSPS) is 20.8. The topological polar surface area (TPSA) is 108 Å². The summed E-state index contributed by atoms with van der Waals surface area (Å²) in [7, 11) is 0. The number of aliphatic imine (C=N–C) groups is 1. The number of carboxylic acids is 1. The minimum atomic E-state index is -4.81. The smallest absolute Gasteiger partial charge is 0.481 e. The minimum Gasteiger partial charge on any atom is -0.481 e. The fourth-order valence-corrected chi connectivity index (χ4v) is 5.54. The second-order valence-corrected chi connectivity index (χ2v) is 10.9. The first-order valence-electron chi connectivity index (χ1n) is 13.7. The molecular weight excluding hydrogens is 539 g/mol. The molecule has 2 aromatic carbocycles. The Balaban J connectivity index is 1.49. The number of nitrogens with zero attached hydrogens (tertiary/aromatic N) is 2. The maximum absolute atomic E-state index is 13.7. The first kappa shape index (κ1) is 30.1. The van der Waals surface area contributed by atoms with E-state index in [2.05, 4.69) is 23.9 Å². The Bertz CT molecular complexity index is 1280. The van der Waals surface area contributed by atoms with Gasteiger partial charge in [-0.2, -0.15) is 0 Å². The van der Waals surface area contributed by atoms with Crippen LogP contribution in [0.3, 0.4) is 0 Å². The van der Waals surface area contributed by atoms with E-state index in [1.165, 1.54) is 24.3 Å². The monoisotopic (exact) mass is 573 g/mol. The fourth-order valence-electron chi connectivity index (χ4n) is 5.54. The summed E-state index contributed by atoms with van der Waals surface area (Å²) in [6.45, 7) is 4.80. The molecule has 11 heteroatoms. The molecule has 2 aliphatic rings. The van der Waals surface area contributed by atoms with Crippen LogP contribution in [0.4, 0.5) is 13.2 Å². The number of ether oxygens (including phenoxy) is 1. The third kappa shape index (κ3) is 7.45. The number of hydrogen-bond acceptors (Lipinski definition) is 5. The highest BCUT2D eigenvalue weighted by molar-refractivity contribution is 6.46. The molecule has 1 saturated carbocycles. The van der Waals surface area contributed by atoms with Gasteiger partial charge in [-0.15, -0.1) is 13.2 Å². The molecule has 1 spiro atoms. The van der Waals surface area contributed by atoms with Crippen LogP contribution in [-0.4, -0.2) is 58.6 Å². The highest BCUT2D eigenvalue weighted by Crippen LogP contribution is 2.43. The summed E-state index contributed by atoms with van der Waals surface area (Å²) in [5.74, 6) is -0.931. The summed E-state index contributed by atoms with van der Waals surface area (Å²) in [6, 6.07) is 12.1. The molecule has 4 rings (SSSR count). The number of rotatable bonds is 10. The fraction of sp³-hybridized carbons (Fsp3) is 0.467. The molecule has 41 heavy (non-hydrogen) atoms. The van der Waals surface area contributed by atoms with Crippen molar-refractivity contribution in [2.75, 3.05) is 13.1 Å². The molecule has 0 atom stereocenters. The van der Waals surface area contributed by atoms with E-state index < -0.39 is 18.0 Å². The number of carbonyl (C=O) groups excluding carboxylic acids is 2. The summed E-state index contributed by atoms with van der Waals surface area (Å²) >= 11 is 0. The molecule has 220 valence electrons. The molecular formula is C30H34F3N3O5. The summed E-state index contributed by atoms with van der Waals surface area (Å²) in [4.78, 5) is 43.3. The Morgan fingerprint density at radius 2 is 1.73 bits per heavy atom. The van der Waals surface area contributed by atoms with Crippen molar-refractivity contribution >= 4 is 23.5 Å². The third-order valence-corrected chi connectivity index (χ3v) is 7.87. The second kappa shape index (κ2) is 12.3. The maximum Gasteiger partial charge on any atom is 0.573 e. The van der Waals surface area contributed by atoms with Crippen LogP contribution >= 0.6 is 0 Å².